The van der Waals surface area contributed by atoms with Crippen LogP contribution in [0.4, 0.5) is 5.82 Å². The predicted octanol–water partition coefficient (Wildman–Crippen LogP) is 0.745. The van der Waals surface area contributed by atoms with Crippen LogP contribution in [-0.4, -0.2) is 58.1 Å². The highest BCUT2D eigenvalue weighted by Crippen LogP contribution is 2.11. The Morgan fingerprint density at radius 2 is 2.24 bits per heavy atom. The topological polar surface area (TPSA) is 119 Å². The smallest absolute Gasteiger partial charge is 0.182 e. The molecule has 8 nitrogen and oxygen atoms in total. The Hall–Kier alpha value is -1.77. The summed E-state index contributed by atoms with van der Waals surface area (Å²) in [5.41, 5.74) is 6.78. The lowest BCUT2D eigenvalue weighted by Crippen LogP contribution is -2.11. The van der Waals surface area contributed by atoms with E-state index in [4.69, 9.17) is 20.3 Å². The highest BCUT2D eigenvalue weighted by molar-refractivity contribution is 5.80. The van der Waals surface area contributed by atoms with Crippen LogP contribution >= 0.6 is 0 Å². The summed E-state index contributed by atoms with van der Waals surface area (Å²) in [6.07, 6.45) is 5.69. The molecule has 8 heteroatoms. The van der Waals surface area contributed by atoms with Gasteiger partial charge in [-0.2, -0.15) is 0 Å². The number of anilines is 1. The molecule has 0 amide bonds. The molecule has 1 atom stereocenters. The number of methoxy groups -OCH3 is 1. The van der Waals surface area contributed by atoms with Crippen molar-refractivity contribution in [3.05, 3.63) is 12.7 Å². The maximum atomic E-state index is 7.57. The van der Waals surface area contributed by atoms with Crippen LogP contribution in [0.25, 0.3) is 11.2 Å². The van der Waals surface area contributed by atoms with Crippen LogP contribution in [-0.2, 0) is 9.47 Å². The first kappa shape index (κ1) is 17.3. The van der Waals surface area contributed by atoms with Gasteiger partial charge in [0.05, 0.1) is 19.0 Å². The number of hydrogen-bond acceptors (Lipinski definition) is 7. The first-order chi connectivity index (χ1) is 10.2. The third-order valence-electron chi connectivity index (χ3n) is 2.63. The molecule has 1 unspecified atom stereocenters. The Morgan fingerprint density at radius 1 is 1.48 bits per heavy atom. The second-order valence-corrected chi connectivity index (χ2v) is 4.27. The van der Waals surface area contributed by atoms with Gasteiger partial charge < -0.3 is 25.3 Å². The van der Waals surface area contributed by atoms with Gasteiger partial charge in [0.2, 0.25) is 0 Å². The van der Waals surface area contributed by atoms with E-state index in [0.29, 0.717) is 23.1 Å². The van der Waals surface area contributed by atoms with Crippen molar-refractivity contribution in [2.45, 2.75) is 25.9 Å². The Bertz CT molecular complexity index is 499. The normalized spacial score (nSPS) is 16.8. The van der Waals surface area contributed by atoms with E-state index in [-0.39, 0.29) is 6.61 Å². The largest absolute Gasteiger partial charge is 0.397 e. The maximum Gasteiger partial charge on any atom is 0.182 e. The number of aliphatic hydroxyl groups excluding tert-OH is 1. The molecule has 3 heterocycles. The summed E-state index contributed by atoms with van der Waals surface area (Å²) in [4.78, 5) is 14.4. The fourth-order valence-electron chi connectivity index (χ4n) is 1.75. The molecule has 1 aliphatic heterocycles. The number of rotatable bonds is 2. The molecule has 2 aromatic heterocycles. The van der Waals surface area contributed by atoms with Crippen molar-refractivity contribution in [2.75, 3.05) is 32.7 Å². The Kier molecular flexibility index (Phi) is 8.25. The molecule has 0 saturated carbocycles. The van der Waals surface area contributed by atoms with Crippen LogP contribution < -0.4 is 5.73 Å². The van der Waals surface area contributed by atoms with Crippen LogP contribution in [0.3, 0.4) is 0 Å². The van der Waals surface area contributed by atoms with Crippen molar-refractivity contribution >= 4 is 17.0 Å². The van der Waals surface area contributed by atoms with Crippen molar-refractivity contribution in [1.29, 1.82) is 0 Å². The fraction of sp³-hybridized carbons (Fsp3) is 0.615. The molecule has 0 radical (unpaired) electrons. The lowest BCUT2D eigenvalue weighted by atomic mass is 10.2. The highest BCUT2D eigenvalue weighted by Gasteiger charge is 2.13. The van der Waals surface area contributed by atoms with Gasteiger partial charge in [0, 0.05) is 20.3 Å². The van der Waals surface area contributed by atoms with E-state index in [2.05, 4.69) is 19.9 Å². The molecule has 0 aromatic carbocycles. The van der Waals surface area contributed by atoms with Crippen molar-refractivity contribution in [3.63, 3.8) is 0 Å². The number of ether oxygens (including phenoxy) is 2. The average Bonchev–Trinajstić information content (AvgIpc) is 3.12. The monoisotopic (exact) mass is 297 g/mol. The van der Waals surface area contributed by atoms with E-state index in [9.17, 15) is 0 Å². The summed E-state index contributed by atoms with van der Waals surface area (Å²) < 4.78 is 10.2. The Morgan fingerprint density at radius 3 is 2.81 bits per heavy atom. The van der Waals surface area contributed by atoms with Gasteiger partial charge in [0.25, 0.3) is 0 Å². The zero-order valence-electron chi connectivity index (χ0n) is 12.5. The Labute approximate surface area is 123 Å². The maximum absolute atomic E-state index is 7.57. The number of hydrogen-bond donors (Lipinski definition) is 3. The average molecular weight is 297 g/mol. The lowest BCUT2D eigenvalue weighted by Gasteiger charge is -2.05. The van der Waals surface area contributed by atoms with Gasteiger partial charge in [-0.25, -0.2) is 15.0 Å². The minimum Gasteiger partial charge on any atom is -0.397 e. The number of aromatic nitrogens is 4. The van der Waals surface area contributed by atoms with Crippen molar-refractivity contribution in [2.24, 2.45) is 0 Å². The summed E-state index contributed by atoms with van der Waals surface area (Å²) >= 11 is 0. The number of nitrogens with one attached hydrogen (secondary N) is 1. The lowest BCUT2D eigenvalue weighted by molar-refractivity contribution is 0.0380. The highest BCUT2D eigenvalue weighted by atomic mass is 16.5. The van der Waals surface area contributed by atoms with Gasteiger partial charge in [-0.05, 0) is 19.8 Å². The van der Waals surface area contributed by atoms with E-state index < -0.39 is 0 Å². The Balaban J connectivity index is 0.000000181. The molecular weight excluding hydrogens is 274 g/mol. The van der Waals surface area contributed by atoms with Crippen molar-refractivity contribution in [3.8, 4) is 0 Å². The molecule has 1 fully saturated rings. The number of aliphatic hydroxyl groups is 1. The van der Waals surface area contributed by atoms with Crippen molar-refractivity contribution in [1.82, 2.24) is 19.9 Å². The van der Waals surface area contributed by atoms with E-state index in [0.717, 1.165) is 13.2 Å². The van der Waals surface area contributed by atoms with Gasteiger partial charge in [-0.15, -0.1) is 0 Å². The summed E-state index contributed by atoms with van der Waals surface area (Å²) in [5, 5.41) is 7.57. The van der Waals surface area contributed by atoms with Crippen LogP contribution in [0.1, 0.15) is 19.8 Å². The minimum absolute atomic E-state index is 0.250. The first-order valence-corrected chi connectivity index (χ1v) is 6.83. The van der Waals surface area contributed by atoms with Crippen LogP contribution in [0.15, 0.2) is 12.7 Å². The molecule has 0 aliphatic carbocycles. The number of nitrogens with zero attached hydrogens (tertiary/aromatic N) is 3. The first-order valence-electron chi connectivity index (χ1n) is 6.83. The molecule has 1 saturated heterocycles. The number of nitrogen functional groups attached to an aromatic ring is 1. The standard InChI is InChI=1S/C6H12O2.C5H5N5.C2H6O/c1-7-5-6-3-2-4-8-6;6-4-3-5(9-1-7-3)10-2-8-4;1-2-3/h6H,2-5H2,1H3;1-2H,(H3,6,7,8,9,10);3H,2H2,1H3. The number of fused-ring (bicyclic) bond motifs is 1. The van der Waals surface area contributed by atoms with Crippen LogP contribution in [0.5, 0.6) is 0 Å². The van der Waals surface area contributed by atoms with E-state index in [1.807, 2.05) is 0 Å². The fourth-order valence-corrected chi connectivity index (χ4v) is 1.75. The zero-order chi connectivity index (χ0) is 15.5. The van der Waals surface area contributed by atoms with Crippen molar-refractivity contribution < 1.29 is 14.6 Å². The third-order valence-corrected chi connectivity index (χ3v) is 2.63. The number of imidazole rings is 1. The predicted molar refractivity (Wildman–Crippen MR) is 79.7 cm³/mol. The second-order valence-electron chi connectivity index (χ2n) is 4.27. The van der Waals surface area contributed by atoms with Gasteiger partial charge in [0.1, 0.15) is 11.8 Å². The summed E-state index contributed by atoms with van der Waals surface area (Å²) in [7, 11) is 1.71. The molecule has 4 N–H and O–H groups in total. The van der Waals surface area contributed by atoms with Gasteiger partial charge in [-0.1, -0.05) is 0 Å². The van der Waals surface area contributed by atoms with E-state index in [1.54, 1.807) is 14.0 Å². The molecule has 2 aromatic rings. The summed E-state index contributed by atoms with van der Waals surface area (Å²) in [6, 6.07) is 0. The molecule has 118 valence electrons. The number of H-pyrrole nitrogens is 1. The van der Waals surface area contributed by atoms with Crippen LogP contribution in [0, 0.1) is 0 Å². The minimum atomic E-state index is 0.250. The molecule has 21 heavy (non-hydrogen) atoms. The van der Waals surface area contributed by atoms with Gasteiger partial charge in [0.15, 0.2) is 11.5 Å². The summed E-state index contributed by atoms with van der Waals surface area (Å²) in [5.74, 6) is 0.433. The SMILES string of the molecule is CCO.COCC1CCCO1.Nc1ncnc2nc[nH]c12. The molecule has 0 bridgehead atoms. The number of aromatic amines is 1. The second kappa shape index (κ2) is 10.0. The number of nitrogens with two attached hydrogens (primary N) is 1. The molecular formula is C13H23N5O3. The zero-order valence-corrected chi connectivity index (χ0v) is 12.5. The van der Waals surface area contributed by atoms with E-state index >= 15 is 0 Å². The summed E-state index contributed by atoms with van der Waals surface area (Å²) in [6.45, 7) is 3.62. The van der Waals surface area contributed by atoms with E-state index in [1.165, 1.54) is 25.5 Å². The molecule has 3 rings (SSSR count). The third kappa shape index (κ3) is 6.03. The van der Waals surface area contributed by atoms with Gasteiger partial charge >= 0.3 is 0 Å². The molecule has 1 aliphatic rings. The van der Waals surface area contributed by atoms with Crippen LogP contribution in [0.2, 0.25) is 0 Å². The van der Waals surface area contributed by atoms with Gasteiger partial charge in [-0.3, -0.25) is 0 Å². The quantitative estimate of drug-likeness (QED) is 0.748. The molecule has 0 spiro atoms.